The Bertz CT molecular complexity index is 591. The largest absolute Gasteiger partial charge is 0.374 e. The third-order valence-electron chi connectivity index (χ3n) is 3.56. The predicted octanol–water partition coefficient (Wildman–Crippen LogP) is 2.45. The van der Waals surface area contributed by atoms with Crippen LogP contribution in [0.25, 0.3) is 5.57 Å². The molecule has 2 aromatic rings. The van der Waals surface area contributed by atoms with Crippen LogP contribution < -0.4 is 5.73 Å². The van der Waals surface area contributed by atoms with Crippen molar-refractivity contribution in [3.8, 4) is 0 Å². The number of nitrogens with zero attached hydrogens (tertiary/aromatic N) is 3. The summed E-state index contributed by atoms with van der Waals surface area (Å²) in [4.78, 5) is 2.45. The van der Waals surface area contributed by atoms with Crippen molar-refractivity contribution in [3.63, 3.8) is 0 Å². The SMILES string of the molecule is Nc1nnc(CCN2CC=C(c3ccccc3)CC2)s1. The molecule has 0 radical (unpaired) electrons. The summed E-state index contributed by atoms with van der Waals surface area (Å²) in [6, 6.07) is 10.6. The second-order valence-corrected chi connectivity index (χ2v) is 6.02. The Kier molecular flexibility index (Phi) is 4.08. The summed E-state index contributed by atoms with van der Waals surface area (Å²) in [7, 11) is 0. The molecule has 1 aromatic heterocycles. The molecule has 1 aliphatic rings. The fraction of sp³-hybridized carbons (Fsp3) is 0.333. The van der Waals surface area contributed by atoms with E-state index < -0.39 is 0 Å². The monoisotopic (exact) mass is 286 g/mol. The maximum absolute atomic E-state index is 5.59. The molecule has 0 saturated heterocycles. The molecule has 0 amide bonds. The molecule has 0 saturated carbocycles. The highest BCUT2D eigenvalue weighted by molar-refractivity contribution is 7.15. The second-order valence-electron chi connectivity index (χ2n) is 4.93. The van der Waals surface area contributed by atoms with Crippen molar-refractivity contribution in [2.24, 2.45) is 0 Å². The first-order valence-electron chi connectivity index (χ1n) is 6.86. The van der Waals surface area contributed by atoms with Crippen LogP contribution in [0, 0.1) is 0 Å². The molecule has 4 nitrogen and oxygen atoms in total. The van der Waals surface area contributed by atoms with Crippen LogP contribution in [0.15, 0.2) is 36.4 Å². The van der Waals surface area contributed by atoms with Gasteiger partial charge in [0.05, 0.1) is 0 Å². The molecule has 0 unspecified atom stereocenters. The fourth-order valence-electron chi connectivity index (χ4n) is 2.45. The van der Waals surface area contributed by atoms with Gasteiger partial charge < -0.3 is 5.73 Å². The van der Waals surface area contributed by atoms with Gasteiger partial charge in [-0.3, -0.25) is 4.90 Å². The average molecular weight is 286 g/mol. The van der Waals surface area contributed by atoms with Crippen LogP contribution in [-0.4, -0.2) is 34.7 Å². The van der Waals surface area contributed by atoms with Crippen molar-refractivity contribution in [1.82, 2.24) is 15.1 Å². The van der Waals surface area contributed by atoms with Crippen LogP contribution in [0.3, 0.4) is 0 Å². The molecule has 0 atom stereocenters. The van der Waals surface area contributed by atoms with E-state index in [1.54, 1.807) is 0 Å². The van der Waals surface area contributed by atoms with Crippen molar-refractivity contribution in [2.75, 3.05) is 25.4 Å². The Morgan fingerprint density at radius 1 is 1.20 bits per heavy atom. The molecular weight excluding hydrogens is 268 g/mol. The number of nitrogens with two attached hydrogens (primary N) is 1. The molecule has 20 heavy (non-hydrogen) atoms. The lowest BCUT2D eigenvalue weighted by atomic mass is 9.99. The van der Waals surface area contributed by atoms with Crippen molar-refractivity contribution >= 4 is 22.0 Å². The maximum atomic E-state index is 5.59. The van der Waals surface area contributed by atoms with Gasteiger partial charge in [-0.15, -0.1) is 10.2 Å². The summed E-state index contributed by atoms with van der Waals surface area (Å²) in [5.74, 6) is 0. The van der Waals surface area contributed by atoms with Gasteiger partial charge in [0.1, 0.15) is 5.01 Å². The number of rotatable bonds is 4. The lowest BCUT2D eigenvalue weighted by Crippen LogP contribution is -2.30. The Morgan fingerprint density at radius 2 is 2.05 bits per heavy atom. The maximum Gasteiger partial charge on any atom is 0.203 e. The highest BCUT2D eigenvalue weighted by Gasteiger charge is 2.13. The minimum Gasteiger partial charge on any atom is -0.374 e. The van der Waals surface area contributed by atoms with E-state index in [2.05, 4.69) is 51.5 Å². The standard InChI is InChI=1S/C15H18N4S/c16-15-18-17-14(20-15)8-11-19-9-6-13(7-10-19)12-4-2-1-3-5-12/h1-6H,7-11H2,(H2,16,18). The molecule has 1 aromatic carbocycles. The minimum atomic E-state index is 0.560. The summed E-state index contributed by atoms with van der Waals surface area (Å²) in [5.41, 5.74) is 8.40. The fourth-order valence-corrected chi connectivity index (χ4v) is 3.05. The molecule has 2 N–H and O–H groups in total. The van der Waals surface area contributed by atoms with E-state index in [4.69, 9.17) is 5.73 Å². The van der Waals surface area contributed by atoms with Crippen molar-refractivity contribution in [2.45, 2.75) is 12.8 Å². The van der Waals surface area contributed by atoms with Crippen LogP contribution >= 0.6 is 11.3 Å². The van der Waals surface area contributed by atoms with E-state index in [0.717, 1.165) is 37.5 Å². The molecule has 2 heterocycles. The summed E-state index contributed by atoms with van der Waals surface area (Å²) in [6.45, 7) is 3.14. The summed E-state index contributed by atoms with van der Waals surface area (Å²) >= 11 is 1.49. The van der Waals surface area contributed by atoms with E-state index in [1.165, 1.54) is 22.5 Å². The molecule has 104 valence electrons. The van der Waals surface area contributed by atoms with Gasteiger partial charge in [0.2, 0.25) is 5.13 Å². The summed E-state index contributed by atoms with van der Waals surface area (Å²) in [5, 5.41) is 9.50. The summed E-state index contributed by atoms with van der Waals surface area (Å²) in [6.07, 6.45) is 4.39. The smallest absolute Gasteiger partial charge is 0.203 e. The van der Waals surface area contributed by atoms with Crippen LogP contribution in [0.5, 0.6) is 0 Å². The van der Waals surface area contributed by atoms with Gasteiger partial charge in [-0.2, -0.15) is 0 Å². The quantitative estimate of drug-likeness (QED) is 0.938. The Labute approximate surface area is 122 Å². The van der Waals surface area contributed by atoms with Crippen molar-refractivity contribution < 1.29 is 0 Å². The van der Waals surface area contributed by atoms with E-state index in [1.807, 2.05) is 0 Å². The van der Waals surface area contributed by atoms with Crippen molar-refractivity contribution in [1.29, 1.82) is 0 Å². The predicted molar refractivity (Wildman–Crippen MR) is 83.5 cm³/mol. The van der Waals surface area contributed by atoms with Crippen LogP contribution in [-0.2, 0) is 6.42 Å². The summed E-state index contributed by atoms with van der Waals surface area (Å²) < 4.78 is 0. The topological polar surface area (TPSA) is 55.0 Å². The molecule has 0 fully saturated rings. The third kappa shape index (κ3) is 3.23. The van der Waals surface area contributed by atoms with Crippen molar-refractivity contribution in [3.05, 3.63) is 47.0 Å². The van der Waals surface area contributed by atoms with Gasteiger partial charge in [0, 0.05) is 26.1 Å². The molecule has 1 aliphatic heterocycles. The highest BCUT2D eigenvalue weighted by Crippen LogP contribution is 2.22. The van der Waals surface area contributed by atoms with Gasteiger partial charge in [-0.25, -0.2) is 0 Å². The molecule has 0 spiro atoms. The molecule has 0 bridgehead atoms. The zero-order chi connectivity index (χ0) is 13.8. The van der Waals surface area contributed by atoms with E-state index in [0.29, 0.717) is 5.13 Å². The number of hydrogen-bond acceptors (Lipinski definition) is 5. The van der Waals surface area contributed by atoms with E-state index in [9.17, 15) is 0 Å². The number of benzene rings is 1. The van der Waals surface area contributed by atoms with Crippen LogP contribution in [0.4, 0.5) is 5.13 Å². The molecule has 0 aliphatic carbocycles. The Hall–Kier alpha value is -1.72. The number of nitrogen functional groups attached to an aromatic ring is 1. The van der Waals surface area contributed by atoms with Crippen LogP contribution in [0.2, 0.25) is 0 Å². The number of hydrogen-bond donors (Lipinski definition) is 1. The number of aromatic nitrogens is 2. The minimum absolute atomic E-state index is 0.560. The molecule has 5 heteroatoms. The van der Waals surface area contributed by atoms with Gasteiger partial charge in [0.25, 0.3) is 0 Å². The van der Waals surface area contributed by atoms with Gasteiger partial charge >= 0.3 is 0 Å². The Morgan fingerprint density at radius 3 is 2.70 bits per heavy atom. The highest BCUT2D eigenvalue weighted by atomic mass is 32.1. The number of anilines is 1. The lowest BCUT2D eigenvalue weighted by Gasteiger charge is -2.26. The molecular formula is C15H18N4S. The van der Waals surface area contributed by atoms with Crippen LogP contribution in [0.1, 0.15) is 17.0 Å². The van der Waals surface area contributed by atoms with Gasteiger partial charge in [-0.1, -0.05) is 47.7 Å². The van der Waals surface area contributed by atoms with E-state index in [-0.39, 0.29) is 0 Å². The second kappa shape index (κ2) is 6.15. The Balaban J connectivity index is 1.54. The lowest BCUT2D eigenvalue weighted by molar-refractivity contribution is 0.305. The first kappa shape index (κ1) is 13.3. The molecule has 3 rings (SSSR count). The normalized spacial score (nSPS) is 16.1. The zero-order valence-electron chi connectivity index (χ0n) is 11.3. The third-order valence-corrected chi connectivity index (χ3v) is 4.37. The zero-order valence-corrected chi connectivity index (χ0v) is 12.1. The van der Waals surface area contributed by atoms with Gasteiger partial charge in [-0.05, 0) is 17.6 Å². The first-order chi connectivity index (χ1) is 9.81. The average Bonchev–Trinajstić information content (AvgIpc) is 2.92. The first-order valence-corrected chi connectivity index (χ1v) is 7.67. The van der Waals surface area contributed by atoms with Gasteiger partial charge in [0.15, 0.2) is 0 Å². The van der Waals surface area contributed by atoms with E-state index >= 15 is 0 Å².